The molecule has 13 heavy (non-hydrogen) atoms. The van der Waals surface area contributed by atoms with Crippen LogP contribution in [-0.2, 0) is 4.79 Å². The second-order valence-electron chi connectivity index (χ2n) is 4.33. The van der Waals surface area contributed by atoms with Gasteiger partial charge in [0.1, 0.15) is 6.29 Å². The molecule has 0 aromatic carbocycles. The zero-order chi connectivity index (χ0) is 9.90. The van der Waals surface area contributed by atoms with Crippen molar-refractivity contribution in [3.8, 4) is 0 Å². The van der Waals surface area contributed by atoms with Crippen molar-refractivity contribution in [2.45, 2.75) is 45.6 Å². The number of carbonyl (C=O) groups is 1. The van der Waals surface area contributed by atoms with E-state index in [4.69, 9.17) is 0 Å². The largest absolute Gasteiger partial charge is 0.303 e. The van der Waals surface area contributed by atoms with Crippen LogP contribution < -0.4 is 0 Å². The Kier molecular flexibility index (Phi) is 3.48. The third kappa shape index (κ3) is 2.53. The van der Waals surface area contributed by atoms with Gasteiger partial charge in [-0.15, -0.1) is 0 Å². The molecule has 1 rings (SSSR count). The fourth-order valence-corrected chi connectivity index (χ4v) is 1.82. The van der Waals surface area contributed by atoms with Crippen LogP contribution in [-0.4, -0.2) is 30.8 Å². The van der Waals surface area contributed by atoms with E-state index in [-0.39, 0.29) is 5.41 Å². The summed E-state index contributed by atoms with van der Waals surface area (Å²) in [7, 11) is 2.14. The number of rotatable bonds is 6. The summed E-state index contributed by atoms with van der Waals surface area (Å²) in [6, 6.07) is 0.762. The number of carbonyl (C=O) groups excluding carboxylic acids is 1. The molecule has 0 amide bonds. The molecule has 0 aromatic heterocycles. The lowest BCUT2D eigenvalue weighted by Crippen LogP contribution is -2.37. The molecule has 1 saturated carbocycles. The third-order valence-electron chi connectivity index (χ3n) is 3.39. The van der Waals surface area contributed by atoms with E-state index in [0.29, 0.717) is 0 Å². The van der Waals surface area contributed by atoms with Crippen LogP contribution in [0.2, 0.25) is 0 Å². The Labute approximate surface area is 81.3 Å². The first-order chi connectivity index (χ1) is 6.17. The maximum atomic E-state index is 11.0. The summed E-state index contributed by atoms with van der Waals surface area (Å²) in [6.45, 7) is 5.16. The highest BCUT2D eigenvalue weighted by atomic mass is 16.1. The normalized spacial score (nSPS) is 17.8. The Bertz CT molecular complexity index is 171. The molecular formula is C11H21NO. The molecule has 0 heterocycles. The molecular weight excluding hydrogens is 162 g/mol. The Balaban J connectivity index is 2.48. The van der Waals surface area contributed by atoms with Crippen LogP contribution in [0.3, 0.4) is 0 Å². The first kappa shape index (κ1) is 10.7. The van der Waals surface area contributed by atoms with Crippen LogP contribution in [0.25, 0.3) is 0 Å². The standard InChI is InChI=1S/C11H21NO/c1-4-11(5-2,9-13)8-12(3)10-6-7-10/h9-10H,4-8H2,1-3H3. The van der Waals surface area contributed by atoms with Crippen LogP contribution in [0.5, 0.6) is 0 Å². The highest BCUT2D eigenvalue weighted by molar-refractivity contribution is 5.59. The first-order valence-electron chi connectivity index (χ1n) is 5.34. The van der Waals surface area contributed by atoms with Gasteiger partial charge in [0.2, 0.25) is 0 Å². The lowest BCUT2D eigenvalue weighted by molar-refractivity contribution is -0.117. The summed E-state index contributed by atoms with van der Waals surface area (Å²) < 4.78 is 0. The average Bonchev–Trinajstić information content (AvgIpc) is 2.97. The predicted molar refractivity (Wildman–Crippen MR) is 54.7 cm³/mol. The van der Waals surface area contributed by atoms with E-state index in [1.807, 2.05) is 0 Å². The summed E-state index contributed by atoms with van der Waals surface area (Å²) in [5, 5.41) is 0. The van der Waals surface area contributed by atoms with Gasteiger partial charge in [0.15, 0.2) is 0 Å². The maximum absolute atomic E-state index is 11.0. The van der Waals surface area contributed by atoms with Gasteiger partial charge in [-0.25, -0.2) is 0 Å². The summed E-state index contributed by atoms with van der Waals surface area (Å²) in [5.74, 6) is 0. The summed E-state index contributed by atoms with van der Waals surface area (Å²) in [5.41, 5.74) is -0.0860. The smallest absolute Gasteiger partial charge is 0.127 e. The number of hydrogen-bond donors (Lipinski definition) is 0. The minimum atomic E-state index is -0.0860. The van der Waals surface area contributed by atoms with E-state index in [1.54, 1.807) is 0 Å². The number of aldehydes is 1. The Morgan fingerprint density at radius 3 is 2.23 bits per heavy atom. The van der Waals surface area contributed by atoms with Crippen molar-refractivity contribution in [1.82, 2.24) is 4.90 Å². The van der Waals surface area contributed by atoms with E-state index >= 15 is 0 Å². The predicted octanol–water partition coefficient (Wildman–Crippen LogP) is 2.09. The SMILES string of the molecule is CCC(C=O)(CC)CN(C)C1CC1. The Morgan fingerprint density at radius 1 is 1.38 bits per heavy atom. The van der Waals surface area contributed by atoms with Crippen LogP contribution >= 0.6 is 0 Å². The van der Waals surface area contributed by atoms with Crippen molar-refractivity contribution in [2.75, 3.05) is 13.6 Å². The van der Waals surface area contributed by atoms with Crippen LogP contribution in [0.15, 0.2) is 0 Å². The lowest BCUT2D eigenvalue weighted by atomic mass is 9.83. The topological polar surface area (TPSA) is 20.3 Å². The van der Waals surface area contributed by atoms with Crippen LogP contribution in [0.1, 0.15) is 39.5 Å². The van der Waals surface area contributed by atoms with Gasteiger partial charge < -0.3 is 9.69 Å². The van der Waals surface area contributed by atoms with Gasteiger partial charge >= 0.3 is 0 Å². The second-order valence-corrected chi connectivity index (χ2v) is 4.33. The van der Waals surface area contributed by atoms with Crippen LogP contribution in [0, 0.1) is 5.41 Å². The average molecular weight is 183 g/mol. The third-order valence-corrected chi connectivity index (χ3v) is 3.39. The minimum Gasteiger partial charge on any atom is -0.303 e. The van der Waals surface area contributed by atoms with Crippen molar-refractivity contribution in [3.63, 3.8) is 0 Å². The summed E-state index contributed by atoms with van der Waals surface area (Å²) >= 11 is 0. The molecule has 1 aliphatic rings. The Morgan fingerprint density at radius 2 is 1.92 bits per heavy atom. The molecule has 1 aliphatic carbocycles. The number of hydrogen-bond acceptors (Lipinski definition) is 2. The van der Waals surface area contributed by atoms with Gasteiger partial charge in [0.25, 0.3) is 0 Å². The summed E-state index contributed by atoms with van der Waals surface area (Å²) in [4.78, 5) is 13.4. The van der Waals surface area contributed by atoms with Gasteiger partial charge in [0, 0.05) is 18.0 Å². The molecule has 0 bridgehead atoms. The minimum absolute atomic E-state index is 0.0860. The van der Waals surface area contributed by atoms with Gasteiger partial charge in [-0.2, -0.15) is 0 Å². The molecule has 0 radical (unpaired) electrons. The molecule has 0 aliphatic heterocycles. The molecule has 2 heteroatoms. The van der Waals surface area contributed by atoms with Gasteiger partial charge in [-0.05, 0) is 32.7 Å². The molecule has 0 unspecified atom stereocenters. The molecule has 0 aromatic rings. The quantitative estimate of drug-likeness (QED) is 0.588. The molecule has 2 nitrogen and oxygen atoms in total. The highest BCUT2D eigenvalue weighted by Gasteiger charge is 2.33. The van der Waals surface area contributed by atoms with Crippen LogP contribution in [0.4, 0.5) is 0 Å². The Hall–Kier alpha value is -0.370. The van der Waals surface area contributed by atoms with Crippen molar-refractivity contribution in [2.24, 2.45) is 5.41 Å². The lowest BCUT2D eigenvalue weighted by Gasteiger charge is -2.30. The fourth-order valence-electron chi connectivity index (χ4n) is 1.82. The zero-order valence-corrected chi connectivity index (χ0v) is 9.05. The molecule has 0 spiro atoms. The van der Waals surface area contributed by atoms with E-state index in [1.165, 1.54) is 12.8 Å². The van der Waals surface area contributed by atoms with E-state index in [2.05, 4.69) is 25.8 Å². The van der Waals surface area contributed by atoms with E-state index in [0.717, 1.165) is 31.7 Å². The maximum Gasteiger partial charge on any atom is 0.127 e. The second kappa shape index (κ2) is 4.23. The van der Waals surface area contributed by atoms with E-state index in [9.17, 15) is 4.79 Å². The molecule has 1 fully saturated rings. The monoisotopic (exact) mass is 183 g/mol. The van der Waals surface area contributed by atoms with E-state index < -0.39 is 0 Å². The van der Waals surface area contributed by atoms with Gasteiger partial charge in [-0.1, -0.05) is 13.8 Å². The van der Waals surface area contributed by atoms with Crippen molar-refractivity contribution in [3.05, 3.63) is 0 Å². The molecule has 0 atom stereocenters. The molecule has 76 valence electrons. The fraction of sp³-hybridized carbons (Fsp3) is 0.909. The first-order valence-corrected chi connectivity index (χ1v) is 5.34. The van der Waals surface area contributed by atoms with Crippen molar-refractivity contribution in [1.29, 1.82) is 0 Å². The van der Waals surface area contributed by atoms with Gasteiger partial charge in [0.05, 0.1) is 0 Å². The zero-order valence-electron chi connectivity index (χ0n) is 9.05. The van der Waals surface area contributed by atoms with Gasteiger partial charge in [-0.3, -0.25) is 0 Å². The number of nitrogens with zero attached hydrogens (tertiary/aromatic N) is 1. The highest BCUT2D eigenvalue weighted by Crippen LogP contribution is 2.31. The summed E-state index contributed by atoms with van der Waals surface area (Å²) in [6.07, 6.45) is 5.72. The van der Waals surface area contributed by atoms with Crippen molar-refractivity contribution < 1.29 is 4.79 Å². The van der Waals surface area contributed by atoms with Crippen molar-refractivity contribution >= 4 is 6.29 Å². The molecule has 0 N–H and O–H groups in total. The molecule has 0 saturated heterocycles.